The highest BCUT2D eigenvalue weighted by molar-refractivity contribution is 5.74. The van der Waals surface area contributed by atoms with E-state index < -0.39 is 0 Å². The number of nitrogens with zero attached hydrogens (tertiary/aromatic N) is 2. The zero-order chi connectivity index (χ0) is 19.1. The first-order chi connectivity index (χ1) is 13.2. The van der Waals surface area contributed by atoms with Gasteiger partial charge in [0.2, 0.25) is 0 Å². The highest BCUT2D eigenvalue weighted by Gasteiger charge is 2.22. The summed E-state index contributed by atoms with van der Waals surface area (Å²) in [6.07, 6.45) is 0. The second-order valence-corrected chi connectivity index (χ2v) is 6.10. The van der Waals surface area contributed by atoms with E-state index in [1.54, 1.807) is 29.2 Å². The van der Waals surface area contributed by atoms with Crippen LogP contribution in [0, 0.1) is 5.82 Å². The van der Waals surface area contributed by atoms with Crippen LogP contribution in [-0.2, 0) is 0 Å². The molecule has 27 heavy (non-hydrogen) atoms. The molecule has 3 rings (SSSR count). The van der Waals surface area contributed by atoms with Gasteiger partial charge in [0, 0.05) is 26.2 Å². The molecule has 1 aliphatic rings. The summed E-state index contributed by atoms with van der Waals surface area (Å²) in [5.74, 6) is 1.20. The molecule has 1 aliphatic heterocycles. The van der Waals surface area contributed by atoms with Gasteiger partial charge in [-0.25, -0.2) is 9.18 Å². The van der Waals surface area contributed by atoms with Crippen molar-refractivity contribution in [3.63, 3.8) is 0 Å². The molecule has 0 radical (unpaired) electrons. The van der Waals surface area contributed by atoms with Crippen molar-refractivity contribution in [3.05, 3.63) is 54.3 Å². The smallest absolute Gasteiger partial charge is 0.320 e. The number of piperazine rings is 1. The molecule has 0 aliphatic carbocycles. The van der Waals surface area contributed by atoms with E-state index in [2.05, 4.69) is 5.32 Å². The molecule has 1 N–H and O–H groups in total. The second kappa shape index (κ2) is 9.12. The average Bonchev–Trinajstić information content (AvgIpc) is 2.70. The van der Waals surface area contributed by atoms with E-state index in [4.69, 9.17) is 9.47 Å². The van der Waals surface area contributed by atoms with Gasteiger partial charge in [-0.05, 0) is 43.3 Å². The number of para-hydroxylation sites is 1. The van der Waals surface area contributed by atoms with Gasteiger partial charge in [0.1, 0.15) is 17.3 Å². The maximum atomic E-state index is 13.9. The number of hydrogen-bond acceptors (Lipinski definition) is 4. The molecule has 2 amide bonds. The summed E-state index contributed by atoms with van der Waals surface area (Å²) in [6, 6.07) is 13.7. The van der Waals surface area contributed by atoms with Gasteiger partial charge in [0.05, 0.1) is 12.3 Å². The Hall–Kier alpha value is -2.96. The molecule has 2 aromatic carbocycles. The van der Waals surface area contributed by atoms with Crippen LogP contribution in [0.15, 0.2) is 48.5 Å². The van der Waals surface area contributed by atoms with E-state index in [1.807, 2.05) is 30.0 Å². The van der Waals surface area contributed by atoms with Crippen LogP contribution in [0.3, 0.4) is 0 Å². The number of urea groups is 1. The molecule has 1 saturated heterocycles. The zero-order valence-corrected chi connectivity index (χ0v) is 15.4. The lowest BCUT2D eigenvalue weighted by Crippen LogP contribution is -2.52. The second-order valence-electron chi connectivity index (χ2n) is 6.10. The molecule has 0 bridgehead atoms. The van der Waals surface area contributed by atoms with Crippen LogP contribution < -0.4 is 19.7 Å². The molecular formula is C20H24FN3O3. The number of nitrogens with one attached hydrogen (secondary N) is 1. The summed E-state index contributed by atoms with van der Waals surface area (Å²) < 4.78 is 24.8. The van der Waals surface area contributed by atoms with E-state index in [-0.39, 0.29) is 18.6 Å². The van der Waals surface area contributed by atoms with E-state index >= 15 is 0 Å². The Bertz CT molecular complexity index is 746. The van der Waals surface area contributed by atoms with Crippen molar-refractivity contribution in [2.24, 2.45) is 0 Å². The molecular weight excluding hydrogens is 349 g/mol. The number of anilines is 1. The van der Waals surface area contributed by atoms with Crippen molar-refractivity contribution in [1.82, 2.24) is 10.2 Å². The summed E-state index contributed by atoms with van der Waals surface area (Å²) in [7, 11) is 0. The van der Waals surface area contributed by atoms with Crippen molar-refractivity contribution in [2.75, 3.05) is 44.4 Å². The summed E-state index contributed by atoms with van der Waals surface area (Å²) in [6.45, 7) is 4.87. The van der Waals surface area contributed by atoms with Crippen LogP contribution in [0.4, 0.5) is 14.9 Å². The van der Waals surface area contributed by atoms with Gasteiger partial charge in [0.25, 0.3) is 0 Å². The SMILES string of the molecule is CCOc1ccc(OCNC(=O)N2CCN(c3ccccc3F)CC2)cc1. The summed E-state index contributed by atoms with van der Waals surface area (Å²) in [5, 5.41) is 2.75. The van der Waals surface area contributed by atoms with Crippen molar-refractivity contribution < 1.29 is 18.7 Å². The van der Waals surface area contributed by atoms with Crippen molar-refractivity contribution >= 4 is 11.7 Å². The Kier molecular flexibility index (Phi) is 6.35. The van der Waals surface area contributed by atoms with Gasteiger partial charge in [-0.1, -0.05) is 12.1 Å². The first-order valence-electron chi connectivity index (χ1n) is 9.05. The third-order valence-electron chi connectivity index (χ3n) is 4.36. The third-order valence-corrected chi connectivity index (χ3v) is 4.36. The van der Waals surface area contributed by atoms with E-state index in [1.165, 1.54) is 6.07 Å². The molecule has 0 spiro atoms. The fourth-order valence-corrected chi connectivity index (χ4v) is 2.95. The van der Waals surface area contributed by atoms with Gasteiger partial charge in [-0.2, -0.15) is 0 Å². The van der Waals surface area contributed by atoms with Crippen LogP contribution >= 0.6 is 0 Å². The predicted molar refractivity (Wildman–Crippen MR) is 102 cm³/mol. The van der Waals surface area contributed by atoms with Gasteiger partial charge in [-0.15, -0.1) is 0 Å². The molecule has 2 aromatic rings. The van der Waals surface area contributed by atoms with E-state index in [0.717, 1.165) is 5.75 Å². The summed E-state index contributed by atoms with van der Waals surface area (Å²) >= 11 is 0. The molecule has 7 heteroatoms. The number of ether oxygens (including phenoxy) is 2. The van der Waals surface area contributed by atoms with Crippen LogP contribution in [0.1, 0.15) is 6.92 Å². The minimum absolute atomic E-state index is 0.0837. The average molecular weight is 373 g/mol. The Labute approximate surface area is 158 Å². The maximum absolute atomic E-state index is 13.9. The number of carbonyl (C=O) groups is 1. The van der Waals surface area contributed by atoms with E-state index in [0.29, 0.717) is 44.2 Å². The number of halogens is 1. The number of carbonyl (C=O) groups excluding carboxylic acids is 1. The van der Waals surface area contributed by atoms with Gasteiger partial charge >= 0.3 is 6.03 Å². The van der Waals surface area contributed by atoms with Gasteiger partial charge in [-0.3, -0.25) is 0 Å². The minimum Gasteiger partial charge on any atom is -0.494 e. The molecule has 0 atom stereocenters. The standard InChI is InChI=1S/C20H24FN3O3/c1-2-26-16-7-9-17(10-8-16)27-15-22-20(25)24-13-11-23(12-14-24)19-6-4-3-5-18(19)21/h3-10H,2,11-15H2,1H3,(H,22,25). The molecule has 1 fully saturated rings. The van der Waals surface area contributed by atoms with Gasteiger partial charge < -0.3 is 24.6 Å². The van der Waals surface area contributed by atoms with Crippen LogP contribution in [-0.4, -0.2) is 50.4 Å². The predicted octanol–water partition coefficient (Wildman–Crippen LogP) is 3.09. The highest BCUT2D eigenvalue weighted by Crippen LogP contribution is 2.20. The Morgan fingerprint density at radius 3 is 2.26 bits per heavy atom. The fourth-order valence-electron chi connectivity index (χ4n) is 2.95. The zero-order valence-electron chi connectivity index (χ0n) is 15.4. The lowest BCUT2D eigenvalue weighted by molar-refractivity contribution is 0.181. The molecule has 1 heterocycles. The van der Waals surface area contributed by atoms with E-state index in [9.17, 15) is 9.18 Å². The molecule has 144 valence electrons. The Morgan fingerprint density at radius 1 is 1.00 bits per heavy atom. The Balaban J connectivity index is 1.41. The molecule has 0 aromatic heterocycles. The fraction of sp³-hybridized carbons (Fsp3) is 0.350. The summed E-state index contributed by atoms with van der Waals surface area (Å²) in [4.78, 5) is 15.9. The quantitative estimate of drug-likeness (QED) is 0.791. The number of amides is 2. The van der Waals surface area contributed by atoms with Crippen LogP contribution in [0.25, 0.3) is 0 Å². The molecule has 6 nitrogen and oxygen atoms in total. The molecule has 0 unspecified atom stereocenters. The first kappa shape index (κ1) is 18.8. The van der Waals surface area contributed by atoms with Gasteiger partial charge in [0.15, 0.2) is 6.73 Å². The first-order valence-corrected chi connectivity index (χ1v) is 9.05. The maximum Gasteiger partial charge on any atom is 0.320 e. The minimum atomic E-state index is -0.237. The van der Waals surface area contributed by atoms with Crippen molar-refractivity contribution in [2.45, 2.75) is 6.92 Å². The number of hydrogen-bond donors (Lipinski definition) is 1. The van der Waals surface area contributed by atoms with Crippen molar-refractivity contribution in [1.29, 1.82) is 0 Å². The molecule has 0 saturated carbocycles. The third kappa shape index (κ3) is 5.03. The summed E-state index contributed by atoms with van der Waals surface area (Å²) in [5.41, 5.74) is 0.580. The van der Waals surface area contributed by atoms with Crippen LogP contribution in [0.5, 0.6) is 11.5 Å². The lowest BCUT2D eigenvalue weighted by atomic mass is 10.2. The Morgan fingerprint density at radius 2 is 1.63 bits per heavy atom. The lowest BCUT2D eigenvalue weighted by Gasteiger charge is -2.36. The largest absolute Gasteiger partial charge is 0.494 e. The monoisotopic (exact) mass is 373 g/mol. The highest BCUT2D eigenvalue weighted by atomic mass is 19.1. The normalized spacial score (nSPS) is 14.0. The van der Waals surface area contributed by atoms with Crippen LogP contribution in [0.2, 0.25) is 0 Å². The van der Waals surface area contributed by atoms with Crippen molar-refractivity contribution in [3.8, 4) is 11.5 Å². The topological polar surface area (TPSA) is 54.0 Å². The number of benzene rings is 2. The number of rotatable bonds is 6.